The summed E-state index contributed by atoms with van der Waals surface area (Å²) in [4.78, 5) is 20.2. The Morgan fingerprint density at radius 2 is 1.62 bits per heavy atom. The van der Waals surface area contributed by atoms with E-state index in [1.54, 1.807) is 18.2 Å². The highest BCUT2D eigenvalue weighted by atomic mass is 32.2. The first-order valence-electron chi connectivity index (χ1n) is 13.5. The minimum absolute atomic E-state index is 0.107. The zero-order chi connectivity index (χ0) is 28.3. The number of aromatic nitrogens is 3. The minimum Gasteiger partial charge on any atom is -0.506 e. The molecule has 2 fully saturated rings. The van der Waals surface area contributed by atoms with Gasteiger partial charge in [0.15, 0.2) is 0 Å². The summed E-state index contributed by atoms with van der Waals surface area (Å²) in [5, 5.41) is 16.8. The highest BCUT2D eigenvalue weighted by Gasteiger charge is 2.27. The van der Waals surface area contributed by atoms with Crippen molar-refractivity contribution < 1.29 is 13.5 Å². The number of phenols is 1. The Labute approximate surface area is 235 Å². The van der Waals surface area contributed by atoms with Gasteiger partial charge in [0.05, 0.1) is 10.6 Å². The smallest absolute Gasteiger partial charge is 0.242 e. The van der Waals surface area contributed by atoms with Crippen LogP contribution in [-0.4, -0.2) is 109 Å². The number of rotatable bonds is 8. The van der Waals surface area contributed by atoms with Crippen LogP contribution in [0.15, 0.2) is 53.7 Å². The van der Waals surface area contributed by atoms with Gasteiger partial charge in [0.2, 0.25) is 21.9 Å². The third-order valence-corrected chi connectivity index (χ3v) is 9.36. The SMILES string of the molecule is CN1CCN(C2CCN(c3ccc(Nc4ncnc(Nc5cccc(S(=O)(=O)N(C)C)c5)n4)c(O)c3)CC2)CC1. The summed E-state index contributed by atoms with van der Waals surface area (Å²) in [6, 6.07) is 12.6. The quantitative estimate of drug-likeness (QED) is 0.347. The number of hydrogen-bond donors (Lipinski definition) is 3. The summed E-state index contributed by atoms with van der Waals surface area (Å²) >= 11 is 0. The lowest BCUT2D eigenvalue weighted by molar-refractivity contribution is 0.0982. The number of benzene rings is 2. The molecule has 0 spiro atoms. The summed E-state index contributed by atoms with van der Waals surface area (Å²) in [5.74, 6) is 0.581. The molecule has 3 aromatic rings. The first-order chi connectivity index (χ1) is 19.2. The normalized spacial score (nSPS) is 17.8. The maximum atomic E-state index is 12.5. The Kier molecular flexibility index (Phi) is 8.35. The predicted octanol–water partition coefficient (Wildman–Crippen LogP) is 2.53. The van der Waals surface area contributed by atoms with Gasteiger partial charge in [-0.15, -0.1) is 0 Å². The maximum Gasteiger partial charge on any atom is 0.242 e. The van der Waals surface area contributed by atoms with Crippen LogP contribution in [0.3, 0.4) is 0 Å². The lowest BCUT2D eigenvalue weighted by Gasteiger charge is -2.42. The average molecular weight is 568 g/mol. The monoisotopic (exact) mass is 567 g/mol. The van der Waals surface area contributed by atoms with Crippen molar-refractivity contribution in [1.82, 2.24) is 29.1 Å². The molecule has 0 atom stereocenters. The van der Waals surface area contributed by atoms with Crippen molar-refractivity contribution in [1.29, 1.82) is 0 Å². The molecule has 0 amide bonds. The molecule has 3 heterocycles. The molecular weight excluding hydrogens is 530 g/mol. The van der Waals surface area contributed by atoms with E-state index < -0.39 is 10.0 Å². The van der Waals surface area contributed by atoms with Crippen LogP contribution < -0.4 is 15.5 Å². The van der Waals surface area contributed by atoms with Crippen LogP contribution in [0.25, 0.3) is 0 Å². The van der Waals surface area contributed by atoms with E-state index in [0.29, 0.717) is 17.4 Å². The molecule has 0 unspecified atom stereocenters. The van der Waals surface area contributed by atoms with Crippen LogP contribution in [0, 0.1) is 0 Å². The predicted molar refractivity (Wildman–Crippen MR) is 156 cm³/mol. The van der Waals surface area contributed by atoms with Gasteiger partial charge in [-0.1, -0.05) is 6.07 Å². The first kappa shape index (κ1) is 28.0. The van der Waals surface area contributed by atoms with E-state index >= 15 is 0 Å². The lowest BCUT2D eigenvalue weighted by Crippen LogP contribution is -2.52. The highest BCUT2D eigenvalue weighted by Crippen LogP contribution is 2.32. The van der Waals surface area contributed by atoms with Crippen LogP contribution in [0.5, 0.6) is 5.75 Å². The van der Waals surface area contributed by atoms with E-state index in [4.69, 9.17) is 0 Å². The summed E-state index contributed by atoms with van der Waals surface area (Å²) in [6.45, 7) is 6.47. The third-order valence-electron chi connectivity index (χ3n) is 7.55. The second-order valence-electron chi connectivity index (χ2n) is 10.5. The Bertz CT molecular complexity index is 1420. The Hall–Kier alpha value is -3.52. The number of sulfonamides is 1. The molecular formula is C27H37N9O3S. The second-order valence-corrected chi connectivity index (χ2v) is 12.6. The van der Waals surface area contributed by atoms with Gasteiger partial charge in [0.1, 0.15) is 12.1 Å². The van der Waals surface area contributed by atoms with Gasteiger partial charge >= 0.3 is 0 Å². The molecule has 0 bridgehead atoms. The first-order valence-corrected chi connectivity index (χ1v) is 14.9. The van der Waals surface area contributed by atoms with Crippen molar-refractivity contribution in [3.8, 4) is 5.75 Å². The molecule has 40 heavy (non-hydrogen) atoms. The number of hydrogen-bond acceptors (Lipinski definition) is 11. The molecule has 0 saturated carbocycles. The van der Waals surface area contributed by atoms with Gasteiger partial charge < -0.3 is 25.5 Å². The van der Waals surface area contributed by atoms with Crippen molar-refractivity contribution >= 4 is 39.0 Å². The van der Waals surface area contributed by atoms with Crippen molar-refractivity contribution in [2.24, 2.45) is 0 Å². The topological polar surface area (TPSA) is 130 Å². The number of nitrogens with one attached hydrogen (secondary N) is 2. The van der Waals surface area contributed by atoms with Gasteiger partial charge in [-0.25, -0.2) is 22.7 Å². The van der Waals surface area contributed by atoms with Crippen LogP contribution in [0.2, 0.25) is 0 Å². The third kappa shape index (κ3) is 6.44. The molecule has 2 aromatic carbocycles. The van der Waals surface area contributed by atoms with Gasteiger partial charge in [-0.3, -0.25) is 4.90 Å². The molecule has 214 valence electrons. The van der Waals surface area contributed by atoms with Gasteiger partial charge in [0, 0.05) is 76.8 Å². The molecule has 1 aromatic heterocycles. The van der Waals surface area contributed by atoms with Crippen molar-refractivity contribution in [2.75, 3.05) is 75.9 Å². The molecule has 2 aliphatic rings. The second kappa shape index (κ2) is 11.9. The molecule has 3 N–H and O–H groups in total. The van der Waals surface area contributed by atoms with Crippen LogP contribution >= 0.6 is 0 Å². The fraction of sp³-hybridized carbons (Fsp3) is 0.444. The molecule has 5 rings (SSSR count). The van der Waals surface area contributed by atoms with Crippen LogP contribution in [0.1, 0.15) is 12.8 Å². The summed E-state index contributed by atoms with van der Waals surface area (Å²) in [5.41, 5.74) is 1.99. The average Bonchev–Trinajstić information content (AvgIpc) is 2.95. The number of piperidine rings is 1. The molecule has 2 saturated heterocycles. The standard InChI is InChI=1S/C27H37N9O3S/c1-33(2)40(38,39)23-6-4-5-20(17-23)30-26-28-19-29-27(32-26)31-24-8-7-22(18-25(24)37)35-11-9-21(10-12-35)36-15-13-34(3)14-16-36/h4-8,17-19,21,37H,9-16H2,1-3H3,(H2,28,29,30,31,32). The number of aromatic hydroxyl groups is 1. The van der Waals surface area contributed by atoms with Gasteiger partial charge in [-0.2, -0.15) is 4.98 Å². The minimum atomic E-state index is -3.57. The van der Waals surface area contributed by atoms with E-state index in [9.17, 15) is 13.5 Å². The Balaban J connectivity index is 1.21. The Morgan fingerprint density at radius 3 is 2.30 bits per heavy atom. The number of phenolic OH excluding ortho intramolecular Hbond substituents is 1. The number of piperazine rings is 1. The van der Waals surface area contributed by atoms with Gasteiger partial charge in [-0.05, 0) is 50.2 Å². The van der Waals surface area contributed by atoms with E-state index in [0.717, 1.165) is 62.1 Å². The zero-order valence-electron chi connectivity index (χ0n) is 23.2. The zero-order valence-corrected chi connectivity index (χ0v) is 24.0. The van der Waals surface area contributed by atoms with Crippen molar-refractivity contribution in [3.63, 3.8) is 0 Å². The van der Waals surface area contributed by atoms with Crippen LogP contribution in [-0.2, 0) is 10.0 Å². The lowest BCUT2D eigenvalue weighted by atomic mass is 10.0. The molecule has 12 nitrogen and oxygen atoms in total. The fourth-order valence-corrected chi connectivity index (χ4v) is 6.06. The summed E-state index contributed by atoms with van der Waals surface area (Å²) < 4.78 is 26.1. The highest BCUT2D eigenvalue weighted by molar-refractivity contribution is 7.89. The van der Waals surface area contributed by atoms with Crippen LogP contribution in [0.4, 0.5) is 29.0 Å². The number of nitrogens with zero attached hydrogens (tertiary/aromatic N) is 7. The molecule has 2 aliphatic heterocycles. The number of likely N-dealkylation sites (N-methyl/N-ethyl adjacent to an activating group) is 1. The molecule has 13 heteroatoms. The summed E-state index contributed by atoms with van der Waals surface area (Å²) in [6.07, 6.45) is 3.58. The summed E-state index contributed by atoms with van der Waals surface area (Å²) in [7, 11) is 1.58. The van der Waals surface area contributed by atoms with E-state index in [-0.39, 0.29) is 22.5 Å². The maximum absolute atomic E-state index is 12.5. The van der Waals surface area contributed by atoms with E-state index in [2.05, 4.69) is 47.3 Å². The molecule has 0 aliphatic carbocycles. The molecule has 0 radical (unpaired) electrons. The van der Waals surface area contributed by atoms with E-state index in [1.807, 2.05) is 12.1 Å². The fourth-order valence-electron chi connectivity index (χ4n) is 5.11. The van der Waals surface area contributed by atoms with Crippen molar-refractivity contribution in [3.05, 3.63) is 48.8 Å². The Morgan fingerprint density at radius 1 is 0.925 bits per heavy atom. The largest absolute Gasteiger partial charge is 0.506 e. The van der Waals surface area contributed by atoms with E-state index in [1.165, 1.54) is 32.6 Å². The van der Waals surface area contributed by atoms with Gasteiger partial charge in [0.25, 0.3) is 0 Å². The number of anilines is 5. The van der Waals surface area contributed by atoms with Crippen molar-refractivity contribution in [2.45, 2.75) is 23.8 Å².